The van der Waals surface area contributed by atoms with Gasteiger partial charge in [-0.25, -0.2) is 0 Å². The van der Waals surface area contributed by atoms with Crippen LogP contribution in [0.3, 0.4) is 0 Å². The van der Waals surface area contributed by atoms with Gasteiger partial charge in [-0.2, -0.15) is 5.10 Å². The van der Waals surface area contributed by atoms with Gasteiger partial charge in [-0.05, 0) is 92.1 Å². The van der Waals surface area contributed by atoms with Crippen LogP contribution in [0.5, 0.6) is 5.75 Å². The summed E-state index contributed by atoms with van der Waals surface area (Å²) >= 11 is 0. The van der Waals surface area contributed by atoms with Crippen molar-refractivity contribution in [1.29, 1.82) is 0 Å². The molecule has 0 amide bonds. The first-order valence-electron chi connectivity index (χ1n) is 14.2. The monoisotopic (exact) mass is 510 g/mol. The maximum atomic E-state index is 6.52. The van der Waals surface area contributed by atoms with E-state index in [1.54, 1.807) is 0 Å². The molecule has 38 heavy (non-hydrogen) atoms. The Morgan fingerprint density at radius 2 is 1.74 bits per heavy atom. The lowest BCUT2D eigenvalue weighted by Gasteiger charge is -2.28. The number of H-pyrrole nitrogens is 1. The fourth-order valence-electron chi connectivity index (χ4n) is 5.67. The number of aromatic amines is 1. The van der Waals surface area contributed by atoms with Gasteiger partial charge in [0.25, 0.3) is 0 Å². The first-order chi connectivity index (χ1) is 18.3. The van der Waals surface area contributed by atoms with Crippen LogP contribution in [-0.4, -0.2) is 33.2 Å². The standard InChI is InChI=1S/C33H42N4O/c1-21(2)25-11-10-23(5)32(17-25)38-20-29-24(6)35-31(16-26(29)19-37-14-8-7-9-15-37)33-27(22(3)4)12-13-30-28(33)18-34-36-30/h10-13,16-18,21-22H,7-9,14-15,19-20H2,1-6H3,(H,34,36). The molecule has 4 aromatic rings. The second kappa shape index (κ2) is 11.3. The summed E-state index contributed by atoms with van der Waals surface area (Å²) in [5.41, 5.74) is 10.6. The minimum absolute atomic E-state index is 0.385. The van der Waals surface area contributed by atoms with Crippen molar-refractivity contribution in [2.45, 2.75) is 85.8 Å². The minimum atomic E-state index is 0.385. The van der Waals surface area contributed by atoms with Gasteiger partial charge in [0, 0.05) is 28.8 Å². The molecule has 1 N–H and O–H groups in total. The summed E-state index contributed by atoms with van der Waals surface area (Å²) in [6.45, 7) is 17.0. The van der Waals surface area contributed by atoms with Crippen LogP contribution < -0.4 is 4.74 Å². The Hall–Kier alpha value is -3.18. The number of fused-ring (bicyclic) bond motifs is 1. The van der Waals surface area contributed by atoms with E-state index in [4.69, 9.17) is 9.72 Å². The summed E-state index contributed by atoms with van der Waals surface area (Å²) in [6.07, 6.45) is 5.82. The molecule has 0 radical (unpaired) electrons. The van der Waals surface area contributed by atoms with Crippen LogP contribution in [0.15, 0.2) is 42.6 Å². The van der Waals surface area contributed by atoms with Gasteiger partial charge in [-0.3, -0.25) is 15.0 Å². The summed E-state index contributed by atoms with van der Waals surface area (Å²) in [6, 6.07) is 13.3. The van der Waals surface area contributed by atoms with Gasteiger partial charge < -0.3 is 4.74 Å². The predicted octanol–water partition coefficient (Wildman–Crippen LogP) is 8.05. The van der Waals surface area contributed by atoms with E-state index in [1.165, 1.54) is 52.6 Å². The lowest BCUT2D eigenvalue weighted by atomic mass is 9.91. The number of aryl methyl sites for hydroxylation is 2. The SMILES string of the molecule is Cc1ccc(C(C)C)cc1OCc1c(CN2CCCCC2)cc(-c2c(C(C)C)ccc3[nH]ncc23)nc1C. The first-order valence-corrected chi connectivity index (χ1v) is 14.2. The molecule has 1 saturated heterocycles. The maximum absolute atomic E-state index is 6.52. The van der Waals surface area contributed by atoms with E-state index in [0.717, 1.165) is 47.7 Å². The number of nitrogens with one attached hydrogen (secondary N) is 1. The number of nitrogens with zero attached hydrogens (tertiary/aromatic N) is 3. The highest BCUT2D eigenvalue weighted by Crippen LogP contribution is 2.36. The smallest absolute Gasteiger partial charge is 0.123 e. The van der Waals surface area contributed by atoms with Crippen LogP contribution in [-0.2, 0) is 13.2 Å². The molecule has 0 spiro atoms. The highest BCUT2D eigenvalue weighted by atomic mass is 16.5. The molecule has 0 atom stereocenters. The topological polar surface area (TPSA) is 54.0 Å². The maximum Gasteiger partial charge on any atom is 0.123 e. The van der Waals surface area contributed by atoms with Crippen molar-refractivity contribution < 1.29 is 4.74 Å². The van der Waals surface area contributed by atoms with Gasteiger partial charge in [0.1, 0.15) is 12.4 Å². The minimum Gasteiger partial charge on any atom is -0.489 e. The van der Waals surface area contributed by atoms with E-state index in [2.05, 4.69) is 93.0 Å². The van der Waals surface area contributed by atoms with Crippen molar-refractivity contribution in [3.05, 3.63) is 76.1 Å². The van der Waals surface area contributed by atoms with Gasteiger partial charge >= 0.3 is 0 Å². The summed E-state index contributed by atoms with van der Waals surface area (Å²) in [4.78, 5) is 7.81. The molecule has 0 aliphatic carbocycles. The van der Waals surface area contributed by atoms with Crippen molar-refractivity contribution in [1.82, 2.24) is 20.1 Å². The predicted molar refractivity (Wildman–Crippen MR) is 157 cm³/mol. The Bertz CT molecular complexity index is 1410. The molecule has 5 heteroatoms. The number of rotatable bonds is 8. The summed E-state index contributed by atoms with van der Waals surface area (Å²) in [7, 11) is 0. The molecular weight excluding hydrogens is 468 g/mol. The Balaban J connectivity index is 1.57. The van der Waals surface area contributed by atoms with E-state index < -0.39 is 0 Å². The number of hydrogen-bond donors (Lipinski definition) is 1. The number of pyridine rings is 1. The molecule has 200 valence electrons. The third kappa shape index (κ3) is 5.49. The van der Waals surface area contributed by atoms with E-state index in [0.29, 0.717) is 18.4 Å². The average Bonchev–Trinajstić information content (AvgIpc) is 3.38. The number of ether oxygens (including phenoxy) is 1. The Kier molecular flexibility index (Phi) is 7.85. The Morgan fingerprint density at radius 1 is 0.947 bits per heavy atom. The normalized spacial score (nSPS) is 14.6. The fraction of sp³-hybridized carbons (Fsp3) is 0.455. The molecule has 3 heterocycles. The zero-order valence-corrected chi connectivity index (χ0v) is 23.9. The van der Waals surface area contributed by atoms with Crippen LogP contribution in [0.25, 0.3) is 22.2 Å². The number of hydrogen-bond acceptors (Lipinski definition) is 4. The van der Waals surface area contributed by atoms with Crippen molar-refractivity contribution >= 4 is 10.9 Å². The van der Waals surface area contributed by atoms with Crippen LogP contribution in [0, 0.1) is 13.8 Å². The molecule has 2 aromatic heterocycles. The zero-order valence-electron chi connectivity index (χ0n) is 23.9. The second-order valence-electron chi connectivity index (χ2n) is 11.6. The lowest BCUT2D eigenvalue weighted by molar-refractivity contribution is 0.218. The summed E-state index contributed by atoms with van der Waals surface area (Å²) in [5, 5.41) is 8.64. The molecule has 5 rings (SSSR count). The van der Waals surface area contributed by atoms with Gasteiger partial charge in [-0.1, -0.05) is 52.3 Å². The van der Waals surface area contributed by atoms with E-state index in [9.17, 15) is 0 Å². The van der Waals surface area contributed by atoms with Crippen LogP contribution in [0.2, 0.25) is 0 Å². The van der Waals surface area contributed by atoms with E-state index in [-0.39, 0.29) is 0 Å². The largest absolute Gasteiger partial charge is 0.489 e. The van der Waals surface area contributed by atoms with Crippen molar-refractivity contribution in [2.24, 2.45) is 0 Å². The molecule has 2 aromatic carbocycles. The number of aromatic nitrogens is 3. The summed E-state index contributed by atoms with van der Waals surface area (Å²) in [5.74, 6) is 1.82. The zero-order chi connectivity index (χ0) is 26.8. The van der Waals surface area contributed by atoms with Gasteiger partial charge in [0.2, 0.25) is 0 Å². The van der Waals surface area contributed by atoms with Crippen LogP contribution in [0.1, 0.15) is 92.3 Å². The highest BCUT2D eigenvalue weighted by Gasteiger charge is 2.21. The second-order valence-corrected chi connectivity index (χ2v) is 11.6. The molecule has 0 unspecified atom stereocenters. The van der Waals surface area contributed by atoms with Crippen molar-refractivity contribution in [3.8, 4) is 17.0 Å². The molecule has 1 fully saturated rings. The quantitative estimate of drug-likeness (QED) is 0.260. The van der Waals surface area contributed by atoms with Crippen molar-refractivity contribution in [2.75, 3.05) is 13.1 Å². The molecule has 1 aliphatic heterocycles. The van der Waals surface area contributed by atoms with Crippen molar-refractivity contribution in [3.63, 3.8) is 0 Å². The molecule has 1 aliphatic rings. The third-order valence-corrected chi connectivity index (χ3v) is 8.05. The fourth-order valence-corrected chi connectivity index (χ4v) is 5.67. The van der Waals surface area contributed by atoms with Gasteiger partial charge in [0.15, 0.2) is 0 Å². The van der Waals surface area contributed by atoms with E-state index in [1.807, 2.05) is 6.20 Å². The van der Waals surface area contributed by atoms with Crippen LogP contribution in [0.4, 0.5) is 0 Å². The molecule has 5 nitrogen and oxygen atoms in total. The summed E-state index contributed by atoms with van der Waals surface area (Å²) < 4.78 is 6.52. The average molecular weight is 511 g/mol. The number of benzene rings is 2. The Labute approximate surface area is 227 Å². The van der Waals surface area contributed by atoms with E-state index >= 15 is 0 Å². The van der Waals surface area contributed by atoms with Gasteiger partial charge in [0.05, 0.1) is 17.4 Å². The molecule has 0 saturated carbocycles. The molecule has 0 bridgehead atoms. The molecular formula is C33H42N4O. The third-order valence-electron chi connectivity index (χ3n) is 8.05. The first kappa shape index (κ1) is 26.4. The Morgan fingerprint density at radius 3 is 2.47 bits per heavy atom. The number of likely N-dealkylation sites (tertiary alicyclic amines) is 1. The number of piperidine rings is 1. The lowest BCUT2D eigenvalue weighted by Crippen LogP contribution is -2.29. The van der Waals surface area contributed by atoms with Gasteiger partial charge in [-0.15, -0.1) is 0 Å². The highest BCUT2D eigenvalue weighted by molar-refractivity contribution is 5.95. The van der Waals surface area contributed by atoms with Crippen LogP contribution >= 0.6 is 0 Å².